The minimum absolute atomic E-state index is 0.371. The van der Waals surface area contributed by atoms with Gasteiger partial charge in [-0.1, -0.05) is 128 Å². The summed E-state index contributed by atoms with van der Waals surface area (Å²) in [7, 11) is 0. The summed E-state index contributed by atoms with van der Waals surface area (Å²) in [5, 5.41) is 8.73. The van der Waals surface area contributed by atoms with Crippen LogP contribution in [0.2, 0.25) is 0 Å². The standard InChI is InChI=1S/C26H52O/c1-2-3-4-5-6-7-8-9-10-11-12-13-14-15-16-17-18-19-20-21-22-23-24-25-26-27/h9-10,27H,2-8,11-26H2,1H3/b10-9-. The van der Waals surface area contributed by atoms with Crippen molar-refractivity contribution in [2.75, 3.05) is 6.61 Å². The van der Waals surface area contributed by atoms with Crippen LogP contribution in [0.15, 0.2) is 12.2 Å². The van der Waals surface area contributed by atoms with E-state index < -0.39 is 0 Å². The first-order valence-electron chi connectivity index (χ1n) is 12.7. The third-order valence-electron chi connectivity index (χ3n) is 5.67. The van der Waals surface area contributed by atoms with Gasteiger partial charge in [-0.3, -0.25) is 0 Å². The van der Waals surface area contributed by atoms with Gasteiger partial charge >= 0.3 is 0 Å². The number of allylic oxidation sites excluding steroid dienone is 2. The molecule has 0 heterocycles. The molecule has 1 N–H and O–H groups in total. The van der Waals surface area contributed by atoms with Crippen molar-refractivity contribution in [3.8, 4) is 0 Å². The first-order valence-corrected chi connectivity index (χ1v) is 12.7. The molecule has 1 heteroatoms. The second kappa shape index (κ2) is 25.7. The average molecular weight is 381 g/mol. The Hall–Kier alpha value is -0.300. The predicted molar refractivity (Wildman–Crippen MR) is 123 cm³/mol. The average Bonchev–Trinajstić information content (AvgIpc) is 2.68. The van der Waals surface area contributed by atoms with Crippen molar-refractivity contribution in [1.29, 1.82) is 0 Å². The lowest BCUT2D eigenvalue weighted by molar-refractivity contribution is 0.282. The number of aliphatic hydroxyl groups is 1. The highest BCUT2D eigenvalue weighted by atomic mass is 16.2. The van der Waals surface area contributed by atoms with Crippen LogP contribution in [0.4, 0.5) is 0 Å². The van der Waals surface area contributed by atoms with Gasteiger partial charge in [0.05, 0.1) is 0 Å². The van der Waals surface area contributed by atoms with Crippen molar-refractivity contribution >= 4 is 0 Å². The monoisotopic (exact) mass is 380 g/mol. The molecule has 1 nitrogen and oxygen atoms in total. The molecule has 0 aromatic rings. The van der Waals surface area contributed by atoms with Gasteiger partial charge in [-0.05, 0) is 32.1 Å². The van der Waals surface area contributed by atoms with Crippen molar-refractivity contribution in [3.63, 3.8) is 0 Å². The van der Waals surface area contributed by atoms with Crippen LogP contribution in [0, 0.1) is 0 Å². The van der Waals surface area contributed by atoms with Gasteiger partial charge in [0.2, 0.25) is 0 Å². The molecular weight excluding hydrogens is 328 g/mol. The van der Waals surface area contributed by atoms with Gasteiger partial charge in [0.15, 0.2) is 0 Å². The van der Waals surface area contributed by atoms with Gasteiger partial charge in [0.25, 0.3) is 0 Å². The Labute approximate surface area is 172 Å². The van der Waals surface area contributed by atoms with Crippen LogP contribution < -0.4 is 0 Å². The van der Waals surface area contributed by atoms with Crippen molar-refractivity contribution in [2.45, 2.75) is 148 Å². The van der Waals surface area contributed by atoms with Crippen LogP contribution in [0.3, 0.4) is 0 Å². The molecule has 162 valence electrons. The van der Waals surface area contributed by atoms with E-state index in [1.54, 1.807) is 0 Å². The van der Waals surface area contributed by atoms with Crippen LogP contribution in [-0.2, 0) is 0 Å². The summed E-state index contributed by atoms with van der Waals surface area (Å²) in [5.41, 5.74) is 0. The third-order valence-corrected chi connectivity index (χ3v) is 5.67. The molecule has 0 amide bonds. The number of hydrogen-bond acceptors (Lipinski definition) is 1. The zero-order valence-electron chi connectivity index (χ0n) is 18.9. The van der Waals surface area contributed by atoms with Gasteiger partial charge in [-0.15, -0.1) is 0 Å². The number of rotatable bonds is 23. The van der Waals surface area contributed by atoms with E-state index in [0.29, 0.717) is 6.61 Å². The van der Waals surface area contributed by atoms with E-state index in [1.165, 1.54) is 135 Å². The van der Waals surface area contributed by atoms with Gasteiger partial charge in [-0.25, -0.2) is 0 Å². The number of aliphatic hydroxyl groups excluding tert-OH is 1. The van der Waals surface area contributed by atoms with E-state index in [-0.39, 0.29) is 0 Å². The molecule has 0 unspecified atom stereocenters. The maximum absolute atomic E-state index is 8.73. The number of unbranched alkanes of at least 4 members (excludes halogenated alkanes) is 20. The van der Waals surface area contributed by atoms with Gasteiger partial charge in [0.1, 0.15) is 0 Å². The summed E-state index contributed by atoms with van der Waals surface area (Å²) < 4.78 is 0. The third kappa shape index (κ3) is 25.7. The van der Waals surface area contributed by atoms with Crippen molar-refractivity contribution in [2.24, 2.45) is 0 Å². The van der Waals surface area contributed by atoms with Gasteiger partial charge in [0, 0.05) is 6.61 Å². The smallest absolute Gasteiger partial charge is 0.0431 e. The van der Waals surface area contributed by atoms with Crippen molar-refractivity contribution in [3.05, 3.63) is 12.2 Å². The second-order valence-electron chi connectivity index (χ2n) is 8.49. The molecule has 0 aliphatic rings. The van der Waals surface area contributed by atoms with E-state index in [0.717, 1.165) is 6.42 Å². The minimum atomic E-state index is 0.371. The fourth-order valence-electron chi connectivity index (χ4n) is 3.77. The second-order valence-corrected chi connectivity index (χ2v) is 8.49. The summed E-state index contributed by atoms with van der Waals surface area (Å²) in [5.74, 6) is 0. The number of hydrogen-bond donors (Lipinski definition) is 1. The maximum atomic E-state index is 8.73. The zero-order valence-corrected chi connectivity index (χ0v) is 18.9. The molecule has 0 aromatic carbocycles. The van der Waals surface area contributed by atoms with E-state index >= 15 is 0 Å². The maximum Gasteiger partial charge on any atom is 0.0431 e. The Morgan fingerprint density at radius 1 is 0.407 bits per heavy atom. The van der Waals surface area contributed by atoms with Crippen LogP contribution in [0.1, 0.15) is 148 Å². The lowest BCUT2D eigenvalue weighted by Gasteiger charge is -2.03. The highest BCUT2D eigenvalue weighted by molar-refractivity contribution is 4.81. The van der Waals surface area contributed by atoms with Crippen LogP contribution in [-0.4, -0.2) is 11.7 Å². The summed E-state index contributed by atoms with van der Waals surface area (Å²) in [4.78, 5) is 0. The Bertz CT molecular complexity index is 271. The Balaban J connectivity index is 3.03. The lowest BCUT2D eigenvalue weighted by atomic mass is 10.0. The summed E-state index contributed by atoms with van der Waals surface area (Å²) >= 11 is 0. The lowest BCUT2D eigenvalue weighted by Crippen LogP contribution is -1.85. The van der Waals surface area contributed by atoms with Crippen LogP contribution in [0.5, 0.6) is 0 Å². The van der Waals surface area contributed by atoms with Gasteiger partial charge in [-0.2, -0.15) is 0 Å². The largest absolute Gasteiger partial charge is 0.396 e. The molecule has 0 aliphatic heterocycles. The quantitative estimate of drug-likeness (QED) is 0.138. The molecule has 0 radical (unpaired) electrons. The highest BCUT2D eigenvalue weighted by Gasteiger charge is 1.94. The molecule has 27 heavy (non-hydrogen) atoms. The Morgan fingerprint density at radius 3 is 1.04 bits per heavy atom. The first kappa shape index (κ1) is 26.7. The van der Waals surface area contributed by atoms with E-state index in [2.05, 4.69) is 19.1 Å². The Morgan fingerprint density at radius 2 is 0.704 bits per heavy atom. The molecule has 0 fully saturated rings. The van der Waals surface area contributed by atoms with Crippen molar-refractivity contribution in [1.82, 2.24) is 0 Å². The minimum Gasteiger partial charge on any atom is -0.396 e. The topological polar surface area (TPSA) is 20.2 Å². The molecule has 0 aromatic heterocycles. The van der Waals surface area contributed by atoms with Crippen LogP contribution >= 0.6 is 0 Å². The SMILES string of the molecule is CCCCCCCC/C=C\CCCCCCCCCCCCCCCCO. The molecule has 0 rings (SSSR count). The zero-order chi connectivity index (χ0) is 19.7. The Kier molecular flexibility index (Phi) is 25.4. The molecular formula is C26H52O. The summed E-state index contributed by atoms with van der Waals surface area (Å²) in [6, 6.07) is 0. The molecule has 0 aliphatic carbocycles. The summed E-state index contributed by atoms with van der Waals surface area (Å²) in [6.45, 7) is 2.66. The first-order chi connectivity index (χ1) is 13.4. The van der Waals surface area contributed by atoms with Crippen molar-refractivity contribution < 1.29 is 5.11 Å². The van der Waals surface area contributed by atoms with Crippen LogP contribution in [0.25, 0.3) is 0 Å². The van der Waals surface area contributed by atoms with Gasteiger partial charge < -0.3 is 5.11 Å². The molecule has 0 spiro atoms. The molecule has 0 atom stereocenters. The van der Waals surface area contributed by atoms with E-state index in [1.807, 2.05) is 0 Å². The molecule has 0 saturated carbocycles. The van der Waals surface area contributed by atoms with E-state index in [9.17, 15) is 0 Å². The van der Waals surface area contributed by atoms with E-state index in [4.69, 9.17) is 5.11 Å². The summed E-state index contributed by atoms with van der Waals surface area (Å²) in [6.07, 6.45) is 35.1. The molecule has 0 bridgehead atoms. The normalized spacial score (nSPS) is 11.6. The highest BCUT2D eigenvalue weighted by Crippen LogP contribution is 2.13. The fourth-order valence-corrected chi connectivity index (χ4v) is 3.77. The fraction of sp³-hybridized carbons (Fsp3) is 0.923. The predicted octanol–water partition coefficient (Wildman–Crippen LogP) is 9.14. The molecule has 0 saturated heterocycles.